The van der Waals surface area contributed by atoms with Crippen LogP contribution in [0.5, 0.6) is 0 Å². The maximum absolute atomic E-state index is 6.29. The molecule has 11 rings (SSSR count). The Balaban J connectivity index is 1.12. The lowest BCUT2D eigenvalue weighted by Crippen LogP contribution is -2.14. The Kier molecular flexibility index (Phi) is 6.08. The van der Waals surface area contributed by atoms with E-state index in [-0.39, 0.29) is 5.41 Å². The maximum Gasteiger partial charge on any atom is 0.136 e. The predicted octanol–water partition coefficient (Wildman–Crippen LogP) is 14.4. The van der Waals surface area contributed by atoms with Crippen LogP contribution in [0.3, 0.4) is 0 Å². The van der Waals surface area contributed by atoms with Gasteiger partial charge in [-0.1, -0.05) is 153 Å². The van der Waals surface area contributed by atoms with E-state index in [2.05, 4.69) is 178 Å². The highest BCUT2D eigenvalue weighted by Crippen LogP contribution is 2.53. The molecule has 0 N–H and O–H groups in total. The van der Waals surface area contributed by atoms with E-state index in [1.165, 1.54) is 98.7 Å². The van der Waals surface area contributed by atoms with Crippen molar-refractivity contribution in [3.05, 3.63) is 181 Å². The largest absolute Gasteiger partial charge is 0.456 e. The van der Waals surface area contributed by atoms with Gasteiger partial charge in [0.15, 0.2) is 0 Å². The second-order valence-corrected chi connectivity index (χ2v) is 14.8. The molecule has 0 fully saturated rings. The van der Waals surface area contributed by atoms with E-state index in [9.17, 15) is 0 Å². The summed E-state index contributed by atoms with van der Waals surface area (Å²) in [5.41, 5.74) is 14.6. The van der Waals surface area contributed by atoms with Crippen molar-refractivity contribution in [2.24, 2.45) is 0 Å². The van der Waals surface area contributed by atoms with Crippen LogP contribution in [-0.2, 0) is 5.41 Å². The lowest BCUT2D eigenvalue weighted by atomic mass is 9.81. The summed E-state index contributed by atoms with van der Waals surface area (Å²) in [7, 11) is 0. The van der Waals surface area contributed by atoms with E-state index in [0.29, 0.717) is 0 Å². The van der Waals surface area contributed by atoms with E-state index in [1.54, 1.807) is 0 Å². The van der Waals surface area contributed by atoms with Gasteiger partial charge < -0.3 is 4.42 Å². The van der Waals surface area contributed by atoms with Crippen molar-refractivity contribution in [3.8, 4) is 44.5 Å². The Morgan fingerprint density at radius 3 is 1.60 bits per heavy atom. The molecule has 0 aliphatic heterocycles. The zero-order chi connectivity index (χ0) is 34.6. The van der Waals surface area contributed by atoms with Crippen molar-refractivity contribution in [1.82, 2.24) is 0 Å². The van der Waals surface area contributed by atoms with Crippen LogP contribution in [0.1, 0.15) is 25.0 Å². The van der Waals surface area contributed by atoms with Crippen molar-refractivity contribution < 1.29 is 4.42 Å². The van der Waals surface area contributed by atoms with Crippen LogP contribution >= 0.6 is 0 Å². The molecule has 0 saturated carbocycles. The first-order valence-electron chi connectivity index (χ1n) is 18.2. The summed E-state index contributed by atoms with van der Waals surface area (Å²) in [5, 5.41) is 9.96. The highest BCUT2D eigenvalue weighted by molar-refractivity contribution is 6.22. The number of para-hydroxylation sites is 1. The summed E-state index contributed by atoms with van der Waals surface area (Å²) in [5.74, 6) is 0. The van der Waals surface area contributed by atoms with Gasteiger partial charge in [0.1, 0.15) is 11.2 Å². The number of furan rings is 1. The van der Waals surface area contributed by atoms with Crippen molar-refractivity contribution in [2.75, 3.05) is 0 Å². The fraction of sp³-hybridized carbons (Fsp3) is 0.0588. The lowest BCUT2D eigenvalue weighted by molar-refractivity contribution is 0.661. The van der Waals surface area contributed by atoms with Gasteiger partial charge in [0.05, 0.1) is 0 Å². The molecule has 1 aliphatic rings. The average molecular weight is 663 g/mol. The molecule has 9 aromatic carbocycles. The molecule has 0 spiro atoms. The van der Waals surface area contributed by atoms with Crippen molar-refractivity contribution in [1.29, 1.82) is 0 Å². The minimum atomic E-state index is -0.140. The molecule has 1 heteroatoms. The van der Waals surface area contributed by atoms with Gasteiger partial charge in [-0.2, -0.15) is 0 Å². The molecule has 0 radical (unpaired) electrons. The number of hydrogen-bond acceptors (Lipinski definition) is 1. The van der Waals surface area contributed by atoms with Crippen LogP contribution in [0.2, 0.25) is 0 Å². The van der Waals surface area contributed by atoms with Gasteiger partial charge in [-0.15, -0.1) is 0 Å². The zero-order valence-corrected chi connectivity index (χ0v) is 29.1. The van der Waals surface area contributed by atoms with Crippen LogP contribution < -0.4 is 0 Å². The Hall–Kier alpha value is -6.44. The number of rotatable bonds is 3. The van der Waals surface area contributed by atoms with E-state index < -0.39 is 0 Å². The van der Waals surface area contributed by atoms with Gasteiger partial charge in [-0.25, -0.2) is 0 Å². The summed E-state index contributed by atoms with van der Waals surface area (Å²) in [4.78, 5) is 0. The van der Waals surface area contributed by atoms with Gasteiger partial charge >= 0.3 is 0 Å². The number of fused-ring (bicyclic) bond motifs is 10. The van der Waals surface area contributed by atoms with Gasteiger partial charge in [0.25, 0.3) is 0 Å². The summed E-state index contributed by atoms with van der Waals surface area (Å²) < 4.78 is 6.29. The molecular formula is C51H34O. The summed E-state index contributed by atoms with van der Waals surface area (Å²) in [6.45, 7) is 4.75. The Morgan fingerprint density at radius 2 is 0.904 bits per heavy atom. The first kappa shape index (κ1) is 29.3. The molecule has 10 aromatic rings. The van der Waals surface area contributed by atoms with Crippen LogP contribution in [-0.4, -0.2) is 0 Å². The van der Waals surface area contributed by atoms with Crippen LogP contribution in [0.25, 0.3) is 98.8 Å². The molecule has 1 aromatic heterocycles. The van der Waals surface area contributed by atoms with Crippen molar-refractivity contribution >= 4 is 54.3 Å². The normalized spacial score (nSPS) is 13.3. The SMILES string of the molecule is CC1(C)c2ccc(-c3c4ccccc4c(-c4ccc(-c5ccccc5)cc4)c4ccccc34)cc2-c2cc3ccc4oc5ccccc5c4c3cc21. The summed E-state index contributed by atoms with van der Waals surface area (Å²) in [6.07, 6.45) is 0. The van der Waals surface area contributed by atoms with Crippen molar-refractivity contribution in [2.45, 2.75) is 19.3 Å². The van der Waals surface area contributed by atoms with Gasteiger partial charge in [0.2, 0.25) is 0 Å². The molecule has 0 bridgehead atoms. The van der Waals surface area contributed by atoms with E-state index in [1.807, 2.05) is 6.07 Å². The summed E-state index contributed by atoms with van der Waals surface area (Å²) in [6, 6.07) is 62.4. The quantitative estimate of drug-likeness (QED) is 0.172. The first-order chi connectivity index (χ1) is 25.5. The van der Waals surface area contributed by atoms with Crippen LogP contribution in [0.15, 0.2) is 174 Å². The Morgan fingerprint density at radius 1 is 0.365 bits per heavy atom. The first-order valence-corrected chi connectivity index (χ1v) is 18.2. The van der Waals surface area contributed by atoms with Crippen LogP contribution in [0, 0.1) is 0 Å². The van der Waals surface area contributed by atoms with E-state index in [0.717, 1.165) is 11.2 Å². The molecule has 1 nitrogen and oxygen atoms in total. The molecular weight excluding hydrogens is 629 g/mol. The highest BCUT2D eigenvalue weighted by atomic mass is 16.3. The summed E-state index contributed by atoms with van der Waals surface area (Å²) >= 11 is 0. The molecule has 0 saturated heterocycles. The zero-order valence-electron chi connectivity index (χ0n) is 29.1. The molecule has 0 unspecified atom stereocenters. The number of hydrogen-bond donors (Lipinski definition) is 0. The molecule has 52 heavy (non-hydrogen) atoms. The lowest BCUT2D eigenvalue weighted by Gasteiger charge is -2.22. The predicted molar refractivity (Wildman–Crippen MR) is 220 cm³/mol. The van der Waals surface area contributed by atoms with E-state index >= 15 is 0 Å². The second kappa shape index (κ2) is 10.8. The van der Waals surface area contributed by atoms with Crippen LogP contribution in [0.4, 0.5) is 0 Å². The molecule has 1 aliphatic carbocycles. The van der Waals surface area contributed by atoms with Gasteiger partial charge in [-0.3, -0.25) is 0 Å². The standard InChI is InChI=1S/C51H34O/c1-51(2)44-26-24-35(29-42(44)43-28-34-25-27-47-50(41(34)30-45(43)51)40-18-10-11-19-46(40)52-47)49-38-16-8-6-14-36(38)48(37-15-7-9-17-39(37)49)33-22-20-32(21-23-33)31-12-4-3-5-13-31/h3-30H,1-2H3. The number of benzene rings is 9. The average Bonchev–Trinajstić information content (AvgIpc) is 3.68. The van der Waals surface area contributed by atoms with Crippen molar-refractivity contribution in [3.63, 3.8) is 0 Å². The van der Waals surface area contributed by atoms with Gasteiger partial charge in [0, 0.05) is 16.2 Å². The minimum absolute atomic E-state index is 0.140. The third-order valence-electron chi connectivity index (χ3n) is 11.7. The Bertz CT molecular complexity index is 3010. The minimum Gasteiger partial charge on any atom is -0.456 e. The fourth-order valence-corrected chi connectivity index (χ4v) is 9.16. The third kappa shape index (κ3) is 4.11. The Labute approximate surface area is 302 Å². The van der Waals surface area contributed by atoms with E-state index in [4.69, 9.17) is 4.42 Å². The maximum atomic E-state index is 6.29. The molecule has 0 atom stereocenters. The smallest absolute Gasteiger partial charge is 0.136 e. The monoisotopic (exact) mass is 662 g/mol. The van der Waals surface area contributed by atoms with Gasteiger partial charge in [-0.05, 0) is 118 Å². The molecule has 244 valence electrons. The third-order valence-corrected chi connectivity index (χ3v) is 11.7. The topological polar surface area (TPSA) is 13.1 Å². The highest BCUT2D eigenvalue weighted by Gasteiger charge is 2.36. The fourth-order valence-electron chi connectivity index (χ4n) is 9.16. The molecule has 0 amide bonds. The molecule has 1 heterocycles. The second-order valence-electron chi connectivity index (χ2n) is 14.8.